The van der Waals surface area contributed by atoms with Gasteiger partial charge in [-0.05, 0) is 47.9 Å². The van der Waals surface area contributed by atoms with E-state index in [-0.39, 0.29) is 30.1 Å². The minimum atomic E-state index is -0.341. The summed E-state index contributed by atoms with van der Waals surface area (Å²) >= 11 is 0. The number of aryl methyl sites for hydroxylation is 1. The molecule has 2 heterocycles. The first-order valence-corrected chi connectivity index (χ1v) is 10.4. The summed E-state index contributed by atoms with van der Waals surface area (Å²) in [5, 5.41) is 0. The number of carbonyl (C=O) groups excluding carboxylic acids is 2. The molecule has 3 atom stereocenters. The van der Waals surface area contributed by atoms with Gasteiger partial charge in [-0.2, -0.15) is 0 Å². The maximum Gasteiger partial charge on any atom is 0.333 e. The van der Waals surface area contributed by atoms with E-state index < -0.39 is 0 Å². The lowest BCUT2D eigenvalue weighted by Crippen LogP contribution is -2.17. The predicted octanol–water partition coefficient (Wildman–Crippen LogP) is 4.24. The summed E-state index contributed by atoms with van der Waals surface area (Å²) in [6, 6.07) is 13.8. The van der Waals surface area contributed by atoms with Gasteiger partial charge in [-0.25, -0.2) is 4.79 Å². The minimum Gasteiger partial charge on any atom is -0.490 e. The molecule has 0 radical (unpaired) electrons. The molecule has 0 bridgehead atoms. The van der Waals surface area contributed by atoms with E-state index in [1.54, 1.807) is 0 Å². The van der Waals surface area contributed by atoms with Crippen molar-refractivity contribution in [1.82, 2.24) is 0 Å². The first-order chi connectivity index (χ1) is 14.9. The molecule has 3 unspecified atom stereocenters. The summed E-state index contributed by atoms with van der Waals surface area (Å²) in [7, 11) is 0. The largest absolute Gasteiger partial charge is 0.490 e. The minimum absolute atomic E-state index is 0.0567. The summed E-state index contributed by atoms with van der Waals surface area (Å²) in [5.74, 6) is 0.952. The zero-order chi connectivity index (χ0) is 22.0. The number of cyclic esters (lactones) is 2. The summed E-state index contributed by atoms with van der Waals surface area (Å²) in [6.07, 6.45) is 0.751. The number of benzene rings is 2. The maximum atomic E-state index is 11.5. The van der Waals surface area contributed by atoms with Crippen molar-refractivity contribution < 1.29 is 28.5 Å². The number of carbonyl (C=O) groups is 2. The van der Waals surface area contributed by atoms with Crippen LogP contribution in [-0.4, -0.2) is 37.4 Å². The molecule has 6 heteroatoms. The number of rotatable bonds is 7. The first-order valence-electron chi connectivity index (χ1n) is 10.4. The Morgan fingerprint density at radius 3 is 2.29 bits per heavy atom. The van der Waals surface area contributed by atoms with E-state index in [1.165, 1.54) is 0 Å². The van der Waals surface area contributed by atoms with Gasteiger partial charge >= 0.3 is 11.9 Å². The van der Waals surface area contributed by atoms with E-state index in [9.17, 15) is 9.59 Å². The van der Waals surface area contributed by atoms with Gasteiger partial charge in [0.2, 0.25) is 0 Å². The Morgan fingerprint density at radius 1 is 0.968 bits per heavy atom. The highest BCUT2D eigenvalue weighted by molar-refractivity contribution is 5.89. The quantitative estimate of drug-likeness (QED) is 0.491. The van der Waals surface area contributed by atoms with Crippen LogP contribution < -0.4 is 9.47 Å². The Kier molecular flexibility index (Phi) is 5.98. The van der Waals surface area contributed by atoms with E-state index in [0.717, 1.165) is 28.2 Å². The van der Waals surface area contributed by atoms with Gasteiger partial charge in [0.05, 0.1) is 5.92 Å². The van der Waals surface area contributed by atoms with Crippen molar-refractivity contribution >= 4 is 11.9 Å². The van der Waals surface area contributed by atoms with Crippen LogP contribution in [0.25, 0.3) is 11.1 Å². The second-order valence-electron chi connectivity index (χ2n) is 8.16. The highest BCUT2D eigenvalue weighted by Gasteiger charge is 2.31. The standard InChI is InChI=1S/C25H26O6/c1-15-10-19(6-9-23(15)29-14-22-12-17(3)25(27)31-22)18-4-7-20(8-5-18)28-13-21-11-16(2)24(26)30-21/h4-10,16,21-22H,3,11-14H2,1-2H3. The molecule has 2 aromatic rings. The molecule has 162 valence electrons. The highest BCUT2D eigenvalue weighted by Crippen LogP contribution is 2.29. The van der Waals surface area contributed by atoms with E-state index >= 15 is 0 Å². The van der Waals surface area contributed by atoms with Crippen molar-refractivity contribution in [1.29, 1.82) is 0 Å². The van der Waals surface area contributed by atoms with Crippen molar-refractivity contribution in [2.24, 2.45) is 5.92 Å². The van der Waals surface area contributed by atoms with Crippen LogP contribution in [-0.2, 0) is 19.1 Å². The molecule has 0 amide bonds. The third-order valence-electron chi connectivity index (χ3n) is 5.56. The molecule has 4 rings (SSSR count). The van der Waals surface area contributed by atoms with Gasteiger partial charge in [0.1, 0.15) is 36.9 Å². The molecular formula is C25H26O6. The van der Waals surface area contributed by atoms with Gasteiger partial charge in [-0.3, -0.25) is 4.79 Å². The van der Waals surface area contributed by atoms with Crippen LogP contribution in [0.1, 0.15) is 25.3 Å². The lowest BCUT2D eigenvalue weighted by Gasteiger charge is -2.14. The fourth-order valence-electron chi connectivity index (χ4n) is 3.76. The molecule has 0 aromatic heterocycles. The average Bonchev–Trinajstić information content (AvgIpc) is 3.25. The Hall–Kier alpha value is -3.28. The van der Waals surface area contributed by atoms with Crippen molar-refractivity contribution in [2.75, 3.05) is 13.2 Å². The molecule has 31 heavy (non-hydrogen) atoms. The first kappa shape index (κ1) is 21.0. The second kappa shape index (κ2) is 8.84. The van der Waals surface area contributed by atoms with Crippen LogP contribution in [0.5, 0.6) is 11.5 Å². The van der Waals surface area contributed by atoms with Gasteiger partial charge in [0.15, 0.2) is 0 Å². The van der Waals surface area contributed by atoms with Crippen LogP contribution in [0, 0.1) is 12.8 Å². The number of hydrogen-bond donors (Lipinski definition) is 0. The van der Waals surface area contributed by atoms with Gasteiger partial charge in [0, 0.05) is 18.4 Å². The topological polar surface area (TPSA) is 71.1 Å². The fraction of sp³-hybridized carbons (Fsp3) is 0.360. The molecule has 0 aliphatic carbocycles. The molecule has 2 aliphatic heterocycles. The van der Waals surface area contributed by atoms with Crippen molar-refractivity contribution in [3.8, 4) is 22.6 Å². The van der Waals surface area contributed by atoms with Crippen LogP contribution in [0.3, 0.4) is 0 Å². The average molecular weight is 422 g/mol. The molecule has 2 aliphatic rings. The Labute approximate surface area is 181 Å². The van der Waals surface area contributed by atoms with Gasteiger partial charge in [-0.15, -0.1) is 0 Å². The van der Waals surface area contributed by atoms with Crippen molar-refractivity contribution in [3.05, 3.63) is 60.2 Å². The Bertz CT molecular complexity index is 978. The predicted molar refractivity (Wildman–Crippen MR) is 115 cm³/mol. The zero-order valence-corrected chi connectivity index (χ0v) is 17.8. The van der Waals surface area contributed by atoms with Crippen molar-refractivity contribution in [3.63, 3.8) is 0 Å². The smallest absolute Gasteiger partial charge is 0.333 e. The summed E-state index contributed by atoms with van der Waals surface area (Å²) in [6.45, 7) is 8.22. The van der Waals surface area contributed by atoms with E-state index in [2.05, 4.69) is 12.6 Å². The van der Waals surface area contributed by atoms with Gasteiger partial charge in [-0.1, -0.05) is 31.7 Å². The van der Waals surface area contributed by atoms with Gasteiger partial charge < -0.3 is 18.9 Å². The molecular weight excluding hydrogens is 396 g/mol. The fourth-order valence-corrected chi connectivity index (χ4v) is 3.76. The molecule has 0 spiro atoms. The third kappa shape index (κ3) is 4.90. The third-order valence-corrected chi connectivity index (χ3v) is 5.56. The lowest BCUT2D eigenvalue weighted by molar-refractivity contribution is -0.144. The molecule has 6 nitrogen and oxygen atoms in total. The highest BCUT2D eigenvalue weighted by atomic mass is 16.6. The van der Waals surface area contributed by atoms with Crippen molar-refractivity contribution in [2.45, 2.75) is 38.9 Å². The van der Waals surface area contributed by atoms with Crippen LogP contribution in [0.4, 0.5) is 0 Å². The van der Waals surface area contributed by atoms with Crippen LogP contribution in [0.2, 0.25) is 0 Å². The molecule has 0 saturated carbocycles. The molecule has 2 aromatic carbocycles. The number of esters is 2. The lowest BCUT2D eigenvalue weighted by atomic mass is 10.0. The molecule has 2 saturated heterocycles. The van der Waals surface area contributed by atoms with E-state index in [0.29, 0.717) is 31.6 Å². The summed E-state index contributed by atoms with van der Waals surface area (Å²) in [4.78, 5) is 22.9. The van der Waals surface area contributed by atoms with E-state index in [1.807, 2.05) is 50.2 Å². The van der Waals surface area contributed by atoms with Crippen LogP contribution >= 0.6 is 0 Å². The van der Waals surface area contributed by atoms with Crippen LogP contribution in [0.15, 0.2) is 54.6 Å². The normalized spacial score (nSPS) is 22.9. The molecule has 0 N–H and O–H groups in total. The summed E-state index contributed by atoms with van der Waals surface area (Å²) in [5.41, 5.74) is 3.62. The maximum absolute atomic E-state index is 11.5. The second-order valence-corrected chi connectivity index (χ2v) is 8.16. The van der Waals surface area contributed by atoms with E-state index in [4.69, 9.17) is 18.9 Å². The SMILES string of the molecule is C=C1CC(COc2ccc(-c3ccc(OCC4CC(C)C(=O)O4)cc3)cc2C)OC1=O. The number of hydrogen-bond acceptors (Lipinski definition) is 6. The number of ether oxygens (including phenoxy) is 4. The Balaban J connectivity index is 1.33. The molecule has 2 fully saturated rings. The Morgan fingerprint density at radius 2 is 1.68 bits per heavy atom. The zero-order valence-electron chi connectivity index (χ0n) is 17.8. The monoisotopic (exact) mass is 422 g/mol. The summed E-state index contributed by atoms with van der Waals surface area (Å²) < 4.78 is 22.1. The van der Waals surface area contributed by atoms with Gasteiger partial charge in [0.25, 0.3) is 0 Å².